The summed E-state index contributed by atoms with van der Waals surface area (Å²) in [6.07, 6.45) is 3.25. The van der Waals surface area contributed by atoms with Crippen molar-refractivity contribution in [3.63, 3.8) is 0 Å². The Morgan fingerprint density at radius 1 is 0.955 bits per heavy atom. The maximum absolute atomic E-state index is 12.5. The van der Waals surface area contributed by atoms with Crippen LogP contribution >= 0.6 is 23.4 Å². The van der Waals surface area contributed by atoms with E-state index in [4.69, 9.17) is 20.8 Å². The highest BCUT2D eigenvalue weighted by Crippen LogP contribution is 2.28. The molecule has 218 valence electrons. The van der Waals surface area contributed by atoms with E-state index in [0.717, 1.165) is 51.1 Å². The number of ketones is 1. The van der Waals surface area contributed by atoms with E-state index in [2.05, 4.69) is 25.5 Å². The Kier molecular flexibility index (Phi) is 8.53. The first kappa shape index (κ1) is 28.9. The van der Waals surface area contributed by atoms with Gasteiger partial charge in [0.1, 0.15) is 11.6 Å². The summed E-state index contributed by atoms with van der Waals surface area (Å²) < 4.78 is 10.9. The number of methoxy groups -OCH3 is 1. The average Bonchev–Trinajstić information content (AvgIpc) is 3.71. The lowest BCUT2D eigenvalue weighted by atomic mass is 10.1. The minimum Gasteiger partial charge on any atom is -0.497 e. The van der Waals surface area contributed by atoms with Gasteiger partial charge in [0.05, 0.1) is 23.9 Å². The van der Waals surface area contributed by atoms with Gasteiger partial charge < -0.3 is 19.5 Å². The number of aromatic nitrogens is 4. The van der Waals surface area contributed by atoms with E-state index < -0.39 is 0 Å². The Labute approximate surface area is 261 Å². The Balaban J connectivity index is 1.02. The number of H-pyrrole nitrogens is 1. The SMILES string of the molecule is COc1ccc(/C=C/C(=O)c2ccc(NC(=O)CSc3nnc(-c4ccc5nc(-c6ccc(Cl)cc6)[nH]c5c4)o3)cc2)cc1. The van der Waals surface area contributed by atoms with Crippen LogP contribution in [0.5, 0.6) is 5.75 Å². The van der Waals surface area contributed by atoms with Gasteiger partial charge in [0.15, 0.2) is 5.78 Å². The number of imidazole rings is 1. The summed E-state index contributed by atoms with van der Waals surface area (Å²) in [5.74, 6) is 1.48. The van der Waals surface area contributed by atoms with Crippen molar-refractivity contribution >= 4 is 57.9 Å². The summed E-state index contributed by atoms with van der Waals surface area (Å²) in [5, 5.41) is 12.0. The third-order valence-corrected chi connectivity index (χ3v) is 7.65. The number of ether oxygens (including phenoxy) is 1. The largest absolute Gasteiger partial charge is 0.497 e. The highest BCUT2D eigenvalue weighted by Gasteiger charge is 2.14. The van der Waals surface area contributed by atoms with Crippen LogP contribution in [0.3, 0.4) is 0 Å². The van der Waals surface area contributed by atoms with E-state index in [-0.39, 0.29) is 22.7 Å². The number of hydrogen-bond acceptors (Lipinski definition) is 8. The quantitative estimate of drug-likeness (QED) is 0.0912. The monoisotopic (exact) mass is 621 g/mol. The summed E-state index contributed by atoms with van der Waals surface area (Å²) in [6.45, 7) is 0. The summed E-state index contributed by atoms with van der Waals surface area (Å²) in [6, 6.07) is 27.2. The number of carbonyl (C=O) groups excluding carboxylic acids is 2. The number of rotatable bonds is 10. The fraction of sp³-hybridized carbons (Fsp3) is 0.0606. The van der Waals surface area contributed by atoms with Crippen molar-refractivity contribution in [2.45, 2.75) is 5.22 Å². The molecule has 6 aromatic rings. The minimum absolute atomic E-state index is 0.0664. The first-order chi connectivity index (χ1) is 21.4. The number of amides is 1. The number of benzene rings is 4. The second kappa shape index (κ2) is 13.0. The number of thioether (sulfide) groups is 1. The van der Waals surface area contributed by atoms with Crippen LogP contribution in [0.25, 0.3) is 40.0 Å². The molecular weight excluding hydrogens is 598 g/mol. The van der Waals surface area contributed by atoms with Crippen molar-refractivity contribution in [3.8, 4) is 28.6 Å². The third-order valence-electron chi connectivity index (χ3n) is 6.58. The zero-order valence-electron chi connectivity index (χ0n) is 23.3. The molecule has 11 heteroatoms. The first-order valence-corrected chi connectivity index (χ1v) is 14.8. The van der Waals surface area contributed by atoms with Gasteiger partial charge in [0.25, 0.3) is 5.22 Å². The van der Waals surface area contributed by atoms with Crippen LogP contribution in [0.15, 0.2) is 107 Å². The maximum Gasteiger partial charge on any atom is 0.277 e. The highest BCUT2D eigenvalue weighted by atomic mass is 35.5. The Morgan fingerprint density at radius 3 is 2.45 bits per heavy atom. The van der Waals surface area contributed by atoms with Crippen molar-refractivity contribution in [3.05, 3.63) is 113 Å². The molecule has 44 heavy (non-hydrogen) atoms. The van der Waals surface area contributed by atoms with Gasteiger partial charge in [-0.05, 0) is 90.5 Å². The summed E-state index contributed by atoms with van der Waals surface area (Å²) in [7, 11) is 1.60. The molecule has 0 unspecified atom stereocenters. The Bertz CT molecular complexity index is 1970. The van der Waals surface area contributed by atoms with Gasteiger partial charge in [0, 0.05) is 27.4 Å². The van der Waals surface area contributed by atoms with E-state index >= 15 is 0 Å². The average molecular weight is 622 g/mol. The number of aromatic amines is 1. The lowest BCUT2D eigenvalue weighted by Crippen LogP contribution is -2.14. The molecule has 0 aliphatic carbocycles. The summed E-state index contributed by atoms with van der Waals surface area (Å²) in [5.41, 5.74) is 5.23. The van der Waals surface area contributed by atoms with E-state index in [9.17, 15) is 9.59 Å². The molecule has 9 nitrogen and oxygen atoms in total. The molecule has 0 aliphatic rings. The van der Waals surface area contributed by atoms with Gasteiger partial charge in [-0.15, -0.1) is 10.2 Å². The Hall–Kier alpha value is -5.19. The molecule has 4 aromatic carbocycles. The number of anilines is 1. The molecule has 1 amide bonds. The third kappa shape index (κ3) is 6.88. The fourth-order valence-electron chi connectivity index (χ4n) is 4.30. The molecule has 0 saturated carbocycles. The van der Waals surface area contributed by atoms with Crippen molar-refractivity contribution in [2.24, 2.45) is 0 Å². The molecule has 2 aromatic heterocycles. The predicted octanol–water partition coefficient (Wildman–Crippen LogP) is 7.57. The van der Waals surface area contributed by atoms with Crippen molar-refractivity contribution in [1.82, 2.24) is 20.2 Å². The molecule has 0 saturated heterocycles. The minimum atomic E-state index is -0.248. The molecule has 2 heterocycles. The normalized spacial score (nSPS) is 11.2. The Morgan fingerprint density at radius 2 is 1.70 bits per heavy atom. The fourth-order valence-corrected chi connectivity index (χ4v) is 4.99. The molecule has 0 radical (unpaired) electrons. The van der Waals surface area contributed by atoms with Gasteiger partial charge in [-0.3, -0.25) is 9.59 Å². The van der Waals surface area contributed by atoms with Gasteiger partial charge in [-0.1, -0.05) is 41.6 Å². The topological polar surface area (TPSA) is 123 Å². The van der Waals surface area contributed by atoms with Crippen LogP contribution in [-0.2, 0) is 4.79 Å². The van der Waals surface area contributed by atoms with Gasteiger partial charge in [-0.25, -0.2) is 4.98 Å². The van der Waals surface area contributed by atoms with Crippen LogP contribution in [-0.4, -0.2) is 44.7 Å². The number of carbonyl (C=O) groups is 2. The van der Waals surface area contributed by atoms with Gasteiger partial charge >= 0.3 is 0 Å². The standard InChI is InChI=1S/C33H24ClN5O4S/c1-42-26-14-2-20(3-15-26)4-17-29(40)21-7-12-25(13-8-21)35-30(41)19-44-33-39-38-32(43-33)23-9-16-27-28(18-23)37-31(36-27)22-5-10-24(34)11-6-22/h2-18H,19H2,1H3,(H,35,41)(H,36,37)/b17-4+. The predicted molar refractivity (Wildman–Crippen MR) is 172 cm³/mol. The van der Waals surface area contributed by atoms with Crippen molar-refractivity contribution in [2.75, 3.05) is 18.2 Å². The molecule has 2 N–H and O–H groups in total. The molecule has 0 spiro atoms. The number of nitrogens with zero attached hydrogens (tertiary/aromatic N) is 3. The summed E-state index contributed by atoms with van der Waals surface area (Å²) >= 11 is 7.13. The van der Waals surface area contributed by atoms with Crippen LogP contribution in [0.4, 0.5) is 5.69 Å². The van der Waals surface area contributed by atoms with Crippen molar-refractivity contribution < 1.29 is 18.7 Å². The van der Waals surface area contributed by atoms with E-state index in [1.807, 2.05) is 66.7 Å². The zero-order chi connectivity index (χ0) is 30.5. The molecule has 6 rings (SSSR count). The van der Waals surface area contributed by atoms with E-state index in [1.165, 1.54) is 6.08 Å². The van der Waals surface area contributed by atoms with Gasteiger partial charge in [-0.2, -0.15) is 0 Å². The maximum atomic E-state index is 12.5. The highest BCUT2D eigenvalue weighted by molar-refractivity contribution is 7.99. The van der Waals surface area contributed by atoms with Crippen LogP contribution in [0.2, 0.25) is 5.02 Å². The number of fused-ring (bicyclic) bond motifs is 1. The lowest BCUT2D eigenvalue weighted by Gasteiger charge is -2.05. The molecular formula is C33H24ClN5O4S. The molecule has 0 bridgehead atoms. The summed E-state index contributed by atoms with van der Waals surface area (Å²) in [4.78, 5) is 33.0. The van der Waals surface area contributed by atoms with E-state index in [0.29, 0.717) is 22.2 Å². The zero-order valence-corrected chi connectivity index (χ0v) is 24.9. The second-order valence-electron chi connectivity index (χ2n) is 9.58. The number of hydrogen-bond donors (Lipinski definition) is 2. The van der Waals surface area contributed by atoms with E-state index in [1.54, 1.807) is 37.5 Å². The van der Waals surface area contributed by atoms with Crippen molar-refractivity contribution in [1.29, 1.82) is 0 Å². The molecule has 0 atom stereocenters. The smallest absolute Gasteiger partial charge is 0.277 e. The van der Waals surface area contributed by atoms with Crippen LogP contribution < -0.4 is 10.1 Å². The molecule has 0 aliphatic heterocycles. The number of allylic oxidation sites excluding steroid dienone is 1. The number of nitrogens with one attached hydrogen (secondary N) is 2. The number of halogens is 1. The lowest BCUT2D eigenvalue weighted by molar-refractivity contribution is -0.113. The van der Waals surface area contributed by atoms with Crippen LogP contribution in [0.1, 0.15) is 15.9 Å². The van der Waals surface area contributed by atoms with Crippen LogP contribution in [0, 0.1) is 0 Å². The second-order valence-corrected chi connectivity index (χ2v) is 10.9. The van der Waals surface area contributed by atoms with Gasteiger partial charge in [0.2, 0.25) is 11.8 Å². The first-order valence-electron chi connectivity index (χ1n) is 13.4. The molecule has 0 fully saturated rings.